The second kappa shape index (κ2) is 4.16. The maximum absolute atomic E-state index is 4.86. The Bertz CT molecular complexity index is 768. The lowest BCUT2D eigenvalue weighted by molar-refractivity contribution is 0.685. The van der Waals surface area contributed by atoms with Crippen molar-refractivity contribution in [2.24, 2.45) is 0 Å². The number of fused-ring (bicyclic) bond motifs is 3. The van der Waals surface area contributed by atoms with E-state index in [-0.39, 0.29) is 0 Å². The van der Waals surface area contributed by atoms with Crippen LogP contribution >= 0.6 is 0 Å². The third-order valence-corrected chi connectivity index (χ3v) is 4.31. The van der Waals surface area contributed by atoms with E-state index in [1.165, 1.54) is 12.8 Å². The molecule has 2 atom stereocenters. The molecule has 5 nitrogen and oxygen atoms in total. The number of benzene rings is 1. The lowest BCUT2D eigenvalue weighted by Crippen LogP contribution is -2.33. The second-order valence-corrected chi connectivity index (χ2v) is 5.63. The van der Waals surface area contributed by atoms with E-state index in [1.54, 1.807) is 6.33 Å². The highest BCUT2D eigenvalue weighted by Crippen LogP contribution is 2.32. The lowest BCUT2D eigenvalue weighted by atomic mass is 10.2. The highest BCUT2D eigenvalue weighted by molar-refractivity contribution is 5.83. The minimum absolute atomic E-state index is 0.499. The Hall–Kier alpha value is -2.17. The van der Waals surface area contributed by atoms with Crippen LogP contribution in [0.2, 0.25) is 0 Å². The lowest BCUT2D eigenvalue weighted by Gasteiger charge is -2.27. The molecule has 102 valence electrons. The fraction of sp³-hybridized carbons (Fsp3) is 0.400. The summed E-state index contributed by atoms with van der Waals surface area (Å²) in [6.07, 6.45) is 4.18. The van der Waals surface area contributed by atoms with Gasteiger partial charge in [-0.1, -0.05) is 12.1 Å². The maximum atomic E-state index is 4.86. The van der Waals surface area contributed by atoms with Crippen LogP contribution in [0.1, 0.15) is 26.7 Å². The smallest absolute Gasteiger partial charge is 0.204 e. The van der Waals surface area contributed by atoms with Crippen LogP contribution in [0, 0.1) is 0 Å². The van der Waals surface area contributed by atoms with Crippen LogP contribution in [0.25, 0.3) is 16.7 Å². The van der Waals surface area contributed by atoms with E-state index in [1.807, 2.05) is 22.6 Å². The molecule has 0 aliphatic carbocycles. The van der Waals surface area contributed by atoms with E-state index < -0.39 is 0 Å². The summed E-state index contributed by atoms with van der Waals surface area (Å²) >= 11 is 0. The molecule has 1 fully saturated rings. The molecular weight excluding hydrogens is 250 g/mol. The third-order valence-electron chi connectivity index (χ3n) is 4.31. The van der Waals surface area contributed by atoms with E-state index >= 15 is 0 Å². The fourth-order valence-corrected chi connectivity index (χ4v) is 3.28. The maximum Gasteiger partial charge on any atom is 0.204 e. The van der Waals surface area contributed by atoms with Gasteiger partial charge in [0.15, 0.2) is 5.82 Å². The van der Waals surface area contributed by atoms with E-state index in [9.17, 15) is 0 Å². The molecule has 0 spiro atoms. The summed E-state index contributed by atoms with van der Waals surface area (Å²) in [5.41, 5.74) is 2.89. The number of para-hydroxylation sites is 2. The van der Waals surface area contributed by atoms with Gasteiger partial charge < -0.3 is 4.90 Å². The molecule has 0 radical (unpaired) electrons. The van der Waals surface area contributed by atoms with E-state index in [4.69, 9.17) is 4.98 Å². The molecule has 1 aromatic carbocycles. The molecule has 3 heterocycles. The largest absolute Gasteiger partial charge is 0.348 e. The van der Waals surface area contributed by atoms with Crippen LogP contribution in [0.5, 0.6) is 0 Å². The summed E-state index contributed by atoms with van der Waals surface area (Å²) in [4.78, 5) is 7.25. The Labute approximate surface area is 117 Å². The van der Waals surface area contributed by atoms with Crippen LogP contribution in [-0.2, 0) is 0 Å². The van der Waals surface area contributed by atoms with Crippen LogP contribution in [-0.4, -0.2) is 31.7 Å². The number of aromatic nitrogens is 4. The zero-order valence-electron chi connectivity index (χ0n) is 11.7. The normalized spacial score (nSPS) is 23.0. The molecule has 0 N–H and O–H groups in total. The Balaban J connectivity index is 2.04. The zero-order valence-corrected chi connectivity index (χ0v) is 11.7. The molecule has 1 aliphatic rings. The van der Waals surface area contributed by atoms with Crippen molar-refractivity contribution in [3.8, 4) is 0 Å². The second-order valence-electron chi connectivity index (χ2n) is 5.63. The van der Waals surface area contributed by atoms with Crippen molar-refractivity contribution in [3.63, 3.8) is 0 Å². The van der Waals surface area contributed by atoms with Crippen LogP contribution in [0.15, 0.2) is 30.6 Å². The SMILES string of the molecule is CC1CCC(C)N1c1nc2ccccc2n2cnnc12. The Morgan fingerprint density at radius 3 is 2.65 bits per heavy atom. The first-order valence-corrected chi connectivity index (χ1v) is 7.12. The first-order chi connectivity index (χ1) is 9.75. The minimum atomic E-state index is 0.499. The van der Waals surface area contributed by atoms with Gasteiger partial charge in [-0.3, -0.25) is 4.40 Å². The molecule has 3 aromatic rings. The predicted octanol–water partition coefficient (Wildman–Crippen LogP) is 2.65. The van der Waals surface area contributed by atoms with Gasteiger partial charge in [0.2, 0.25) is 5.65 Å². The summed E-state index contributed by atoms with van der Waals surface area (Å²) < 4.78 is 2.04. The molecule has 2 unspecified atom stereocenters. The molecule has 1 aliphatic heterocycles. The Morgan fingerprint density at radius 2 is 1.85 bits per heavy atom. The van der Waals surface area contributed by atoms with E-state index in [2.05, 4.69) is 35.0 Å². The van der Waals surface area contributed by atoms with Gasteiger partial charge in [0.1, 0.15) is 6.33 Å². The van der Waals surface area contributed by atoms with Gasteiger partial charge >= 0.3 is 0 Å². The van der Waals surface area contributed by atoms with Gasteiger partial charge in [0.05, 0.1) is 11.0 Å². The first kappa shape index (κ1) is 11.6. The molecule has 0 bridgehead atoms. The number of hydrogen-bond acceptors (Lipinski definition) is 4. The highest BCUT2D eigenvalue weighted by atomic mass is 15.3. The topological polar surface area (TPSA) is 46.3 Å². The fourth-order valence-electron chi connectivity index (χ4n) is 3.28. The zero-order chi connectivity index (χ0) is 13.7. The van der Waals surface area contributed by atoms with Gasteiger partial charge in [0, 0.05) is 12.1 Å². The van der Waals surface area contributed by atoms with Gasteiger partial charge in [-0.2, -0.15) is 0 Å². The molecular formula is C15H17N5. The standard InChI is InChI=1S/C15H17N5/c1-10-7-8-11(2)20(10)14-15-18-16-9-19(15)13-6-4-3-5-12(13)17-14/h3-6,9-11H,7-8H2,1-2H3. The summed E-state index contributed by atoms with van der Waals surface area (Å²) in [6.45, 7) is 4.51. The summed E-state index contributed by atoms with van der Waals surface area (Å²) in [7, 11) is 0. The molecule has 1 saturated heterocycles. The summed E-state index contributed by atoms with van der Waals surface area (Å²) in [6, 6.07) is 9.14. The average molecular weight is 267 g/mol. The third kappa shape index (κ3) is 1.52. The van der Waals surface area contributed by atoms with Crippen molar-refractivity contribution in [1.82, 2.24) is 19.6 Å². The molecule has 0 amide bonds. The summed E-state index contributed by atoms with van der Waals surface area (Å²) in [5, 5.41) is 8.37. The van der Waals surface area contributed by atoms with Gasteiger partial charge in [0.25, 0.3) is 0 Å². The van der Waals surface area contributed by atoms with Crippen LogP contribution in [0.3, 0.4) is 0 Å². The van der Waals surface area contributed by atoms with Crippen molar-refractivity contribution < 1.29 is 0 Å². The molecule has 0 saturated carbocycles. The van der Waals surface area contributed by atoms with E-state index in [0.29, 0.717) is 12.1 Å². The monoisotopic (exact) mass is 267 g/mol. The van der Waals surface area contributed by atoms with Crippen LogP contribution in [0.4, 0.5) is 5.82 Å². The number of hydrogen-bond donors (Lipinski definition) is 0. The van der Waals surface area contributed by atoms with Crippen molar-refractivity contribution >= 4 is 22.5 Å². The number of anilines is 1. The molecule has 4 rings (SSSR count). The van der Waals surface area contributed by atoms with Crippen molar-refractivity contribution in [1.29, 1.82) is 0 Å². The Morgan fingerprint density at radius 1 is 1.10 bits per heavy atom. The highest BCUT2D eigenvalue weighted by Gasteiger charge is 2.30. The number of nitrogens with zero attached hydrogens (tertiary/aromatic N) is 5. The van der Waals surface area contributed by atoms with Gasteiger partial charge in [-0.05, 0) is 38.8 Å². The minimum Gasteiger partial charge on any atom is -0.348 e. The quantitative estimate of drug-likeness (QED) is 0.680. The average Bonchev–Trinajstić information content (AvgIpc) is 3.06. The van der Waals surface area contributed by atoms with E-state index in [0.717, 1.165) is 22.5 Å². The van der Waals surface area contributed by atoms with Gasteiger partial charge in [-0.15, -0.1) is 10.2 Å². The first-order valence-electron chi connectivity index (χ1n) is 7.12. The van der Waals surface area contributed by atoms with Crippen molar-refractivity contribution in [3.05, 3.63) is 30.6 Å². The van der Waals surface area contributed by atoms with Crippen LogP contribution < -0.4 is 4.90 Å². The summed E-state index contributed by atoms with van der Waals surface area (Å²) in [5.74, 6) is 0.957. The molecule has 2 aromatic heterocycles. The Kier molecular flexibility index (Phi) is 2.42. The van der Waals surface area contributed by atoms with Crippen molar-refractivity contribution in [2.45, 2.75) is 38.8 Å². The number of rotatable bonds is 1. The molecule has 5 heteroatoms. The molecule has 20 heavy (non-hydrogen) atoms. The predicted molar refractivity (Wildman–Crippen MR) is 78.9 cm³/mol. The van der Waals surface area contributed by atoms with Crippen molar-refractivity contribution in [2.75, 3.05) is 4.90 Å². The van der Waals surface area contributed by atoms with Gasteiger partial charge in [-0.25, -0.2) is 4.98 Å².